The lowest BCUT2D eigenvalue weighted by atomic mass is 10.1. The summed E-state index contributed by atoms with van der Waals surface area (Å²) in [4.78, 5) is 4.64. The van der Waals surface area contributed by atoms with Crippen LogP contribution in [0.4, 0.5) is 5.69 Å². The average molecular weight is 380 g/mol. The van der Waals surface area contributed by atoms with Crippen molar-refractivity contribution < 1.29 is 0 Å². The van der Waals surface area contributed by atoms with Crippen LogP contribution in [-0.4, -0.2) is 9.38 Å². The van der Waals surface area contributed by atoms with Gasteiger partial charge in [-0.3, -0.25) is 4.40 Å². The Bertz CT molecular complexity index is 1170. The molecule has 144 valence electrons. The molecule has 0 saturated carbocycles. The van der Waals surface area contributed by atoms with E-state index >= 15 is 0 Å². The molecule has 1 N–H and O–H groups in total. The quantitative estimate of drug-likeness (QED) is 0.355. The smallest absolute Gasteiger partial charge is 0.137 e. The zero-order valence-electron chi connectivity index (χ0n) is 16.7. The number of aromatic nitrogens is 2. The van der Waals surface area contributed by atoms with E-state index in [1.807, 2.05) is 12.3 Å². The highest BCUT2D eigenvalue weighted by molar-refractivity contribution is 5.72. The van der Waals surface area contributed by atoms with Crippen LogP contribution in [0.15, 0.2) is 98.0 Å². The summed E-state index contributed by atoms with van der Waals surface area (Å²) in [6.45, 7) is 9.97. The van der Waals surface area contributed by atoms with Crippen LogP contribution in [0.25, 0.3) is 28.0 Å². The Labute approximate surface area is 172 Å². The van der Waals surface area contributed by atoms with E-state index in [4.69, 9.17) is 0 Å². The summed E-state index contributed by atoms with van der Waals surface area (Å²) in [5, 5.41) is 3.39. The summed E-state index contributed by atoms with van der Waals surface area (Å²) in [6, 6.07) is 21.2. The predicted molar refractivity (Wildman–Crippen MR) is 123 cm³/mol. The van der Waals surface area contributed by atoms with Gasteiger partial charge in [0.25, 0.3) is 0 Å². The first kappa shape index (κ1) is 18.8. The number of anilines is 1. The molecule has 2 heterocycles. The number of hydrogen-bond donors (Lipinski definition) is 1. The van der Waals surface area contributed by atoms with Crippen LogP contribution in [0.2, 0.25) is 0 Å². The molecule has 0 radical (unpaired) electrons. The minimum atomic E-state index is 0.880. The predicted octanol–water partition coefficient (Wildman–Crippen LogP) is 6.87. The van der Waals surface area contributed by atoms with E-state index in [2.05, 4.69) is 102 Å². The molecule has 0 aliphatic carbocycles. The summed E-state index contributed by atoms with van der Waals surface area (Å²) in [5.41, 5.74) is 8.77. The molecule has 0 fully saturated rings. The molecule has 0 saturated heterocycles. The fraction of sp³-hybridized carbons (Fsp3) is 0.115. The average Bonchev–Trinajstić information content (AvgIpc) is 3.16. The Balaban J connectivity index is 1.63. The monoisotopic (exact) mass is 379 g/mol. The zero-order chi connectivity index (χ0) is 20.2. The Kier molecular flexibility index (Phi) is 5.30. The summed E-state index contributed by atoms with van der Waals surface area (Å²) in [6.07, 6.45) is 7.73. The number of hydrogen-bond acceptors (Lipinski definition) is 2. The molecule has 0 spiro atoms. The van der Waals surface area contributed by atoms with Gasteiger partial charge in [0.05, 0.1) is 11.9 Å². The number of aryl methyl sites for hydroxylation is 1. The van der Waals surface area contributed by atoms with Gasteiger partial charge in [-0.15, -0.1) is 6.58 Å². The second-order valence-corrected chi connectivity index (χ2v) is 7.29. The van der Waals surface area contributed by atoms with E-state index in [1.54, 1.807) is 0 Å². The third-order valence-corrected chi connectivity index (χ3v) is 5.03. The topological polar surface area (TPSA) is 29.3 Å². The van der Waals surface area contributed by atoms with E-state index in [0.717, 1.165) is 41.1 Å². The van der Waals surface area contributed by atoms with E-state index < -0.39 is 0 Å². The molecule has 0 bridgehead atoms. The lowest BCUT2D eigenvalue weighted by Crippen LogP contribution is -1.98. The molecule has 2 aromatic carbocycles. The number of allylic oxidation sites excluding steroid dienone is 2. The molecular formula is C26H25N3. The fourth-order valence-electron chi connectivity index (χ4n) is 3.42. The molecule has 2 aromatic heterocycles. The van der Waals surface area contributed by atoms with Gasteiger partial charge in [-0.05, 0) is 55.2 Å². The van der Waals surface area contributed by atoms with Gasteiger partial charge < -0.3 is 5.32 Å². The van der Waals surface area contributed by atoms with Gasteiger partial charge in [-0.2, -0.15) is 0 Å². The number of imidazole rings is 1. The molecular weight excluding hydrogens is 354 g/mol. The standard InChI is InChI=1S/C26H25N3/c1-4-5-7-20(3)28-24-9-6-8-23(16-24)25-18-27-26-17-22(14-15-29(25)26)21-12-10-19(2)11-13-21/h4,6,8-18,28H,1,3,5,7H2,2H3. The third-order valence-electron chi connectivity index (χ3n) is 5.03. The van der Waals surface area contributed by atoms with E-state index in [9.17, 15) is 0 Å². The van der Waals surface area contributed by atoms with Crippen LogP contribution in [0, 0.1) is 6.92 Å². The molecule has 4 aromatic rings. The largest absolute Gasteiger partial charge is 0.359 e. The maximum Gasteiger partial charge on any atom is 0.137 e. The van der Waals surface area contributed by atoms with Crippen molar-refractivity contribution in [3.05, 3.63) is 104 Å². The number of benzene rings is 2. The van der Waals surface area contributed by atoms with Gasteiger partial charge in [0, 0.05) is 23.1 Å². The van der Waals surface area contributed by atoms with Gasteiger partial charge >= 0.3 is 0 Å². The number of pyridine rings is 1. The van der Waals surface area contributed by atoms with E-state index in [1.165, 1.54) is 16.7 Å². The van der Waals surface area contributed by atoms with Crippen molar-refractivity contribution in [2.45, 2.75) is 19.8 Å². The molecule has 3 nitrogen and oxygen atoms in total. The van der Waals surface area contributed by atoms with Gasteiger partial charge in [0.15, 0.2) is 0 Å². The normalized spacial score (nSPS) is 10.8. The van der Waals surface area contributed by atoms with Gasteiger partial charge in [0.2, 0.25) is 0 Å². The number of fused-ring (bicyclic) bond motifs is 1. The lowest BCUT2D eigenvalue weighted by molar-refractivity contribution is 0.991. The van der Waals surface area contributed by atoms with Crippen LogP contribution in [0.1, 0.15) is 18.4 Å². The van der Waals surface area contributed by atoms with Crippen molar-refractivity contribution in [3.63, 3.8) is 0 Å². The summed E-state index contributed by atoms with van der Waals surface area (Å²) < 4.78 is 2.13. The Morgan fingerprint density at radius 3 is 2.66 bits per heavy atom. The molecule has 0 atom stereocenters. The van der Waals surface area contributed by atoms with Crippen LogP contribution < -0.4 is 5.32 Å². The van der Waals surface area contributed by atoms with Crippen molar-refractivity contribution in [2.24, 2.45) is 0 Å². The molecule has 3 heteroatoms. The Hall–Kier alpha value is -3.59. The van der Waals surface area contributed by atoms with Crippen LogP contribution >= 0.6 is 0 Å². The van der Waals surface area contributed by atoms with Gasteiger partial charge in [0.1, 0.15) is 5.65 Å². The summed E-state index contributed by atoms with van der Waals surface area (Å²) in [5.74, 6) is 0. The summed E-state index contributed by atoms with van der Waals surface area (Å²) in [7, 11) is 0. The van der Waals surface area contributed by atoms with Crippen molar-refractivity contribution in [2.75, 3.05) is 5.32 Å². The number of nitrogens with one attached hydrogen (secondary N) is 1. The maximum absolute atomic E-state index is 4.64. The van der Waals surface area contributed by atoms with Crippen molar-refractivity contribution >= 4 is 11.3 Å². The molecule has 0 amide bonds. The number of nitrogens with zero attached hydrogens (tertiary/aromatic N) is 2. The molecule has 4 rings (SSSR count). The van der Waals surface area contributed by atoms with Gasteiger partial charge in [-0.1, -0.05) is 54.6 Å². The van der Waals surface area contributed by atoms with Crippen LogP contribution in [-0.2, 0) is 0 Å². The highest BCUT2D eigenvalue weighted by Gasteiger charge is 2.08. The maximum atomic E-state index is 4.64. The highest BCUT2D eigenvalue weighted by Crippen LogP contribution is 2.27. The Morgan fingerprint density at radius 1 is 1.03 bits per heavy atom. The highest BCUT2D eigenvalue weighted by atomic mass is 15.0. The van der Waals surface area contributed by atoms with Crippen molar-refractivity contribution in [3.8, 4) is 22.4 Å². The molecule has 0 unspecified atom stereocenters. The molecule has 29 heavy (non-hydrogen) atoms. The minimum absolute atomic E-state index is 0.880. The first-order chi connectivity index (χ1) is 14.1. The van der Waals surface area contributed by atoms with E-state index in [0.29, 0.717) is 0 Å². The molecule has 0 aliphatic rings. The van der Waals surface area contributed by atoms with Crippen LogP contribution in [0.3, 0.4) is 0 Å². The van der Waals surface area contributed by atoms with Crippen LogP contribution in [0.5, 0.6) is 0 Å². The minimum Gasteiger partial charge on any atom is -0.359 e. The second-order valence-electron chi connectivity index (χ2n) is 7.29. The lowest BCUT2D eigenvalue weighted by Gasteiger charge is -2.10. The SMILES string of the molecule is C=CCCC(=C)Nc1cccc(-c2cnc3cc(-c4ccc(C)cc4)ccn23)c1. The number of rotatable bonds is 7. The fourth-order valence-corrected chi connectivity index (χ4v) is 3.42. The third kappa shape index (κ3) is 4.14. The van der Waals surface area contributed by atoms with E-state index in [-0.39, 0.29) is 0 Å². The van der Waals surface area contributed by atoms with Crippen molar-refractivity contribution in [1.29, 1.82) is 0 Å². The zero-order valence-corrected chi connectivity index (χ0v) is 16.7. The first-order valence-corrected chi connectivity index (χ1v) is 9.84. The van der Waals surface area contributed by atoms with Crippen molar-refractivity contribution in [1.82, 2.24) is 9.38 Å². The van der Waals surface area contributed by atoms with Gasteiger partial charge in [-0.25, -0.2) is 4.98 Å². The Morgan fingerprint density at radius 2 is 1.86 bits per heavy atom. The first-order valence-electron chi connectivity index (χ1n) is 9.84. The molecule has 0 aliphatic heterocycles. The second kappa shape index (κ2) is 8.19. The summed E-state index contributed by atoms with van der Waals surface area (Å²) >= 11 is 0.